The molecular formula is C9H16N2. The van der Waals surface area contributed by atoms with Crippen molar-refractivity contribution < 1.29 is 0 Å². The van der Waals surface area contributed by atoms with Crippen LogP contribution in [0.4, 0.5) is 0 Å². The lowest BCUT2D eigenvalue weighted by Gasteiger charge is -2.07. The van der Waals surface area contributed by atoms with Gasteiger partial charge >= 0.3 is 0 Å². The highest BCUT2D eigenvalue weighted by molar-refractivity contribution is 5.08. The van der Waals surface area contributed by atoms with Gasteiger partial charge in [0.2, 0.25) is 0 Å². The number of hydrogen-bond acceptors (Lipinski definition) is 1. The second-order valence-corrected chi connectivity index (χ2v) is 2.95. The zero-order valence-corrected chi connectivity index (χ0v) is 7.22. The van der Waals surface area contributed by atoms with Gasteiger partial charge in [-0.3, -0.25) is 0 Å². The average molecular weight is 152 g/mol. The molecule has 2 N–H and O–H groups in total. The molecule has 0 spiro atoms. The van der Waals surface area contributed by atoms with Crippen LogP contribution < -0.4 is 5.32 Å². The minimum Gasteiger partial charge on any atom is -0.367 e. The van der Waals surface area contributed by atoms with E-state index in [2.05, 4.69) is 29.5 Å². The van der Waals surface area contributed by atoms with Crippen molar-refractivity contribution in [2.45, 2.75) is 25.8 Å². The molecular weight excluding hydrogens is 136 g/mol. The molecule has 0 radical (unpaired) electrons. The standard InChI is InChI=1S/C9H16N2/c1-8(10-2)3-4-9-5-6-11-7-9/h5-8,10-11H,3-4H2,1-2H3. The van der Waals surface area contributed by atoms with Gasteiger partial charge in [-0.2, -0.15) is 0 Å². The van der Waals surface area contributed by atoms with E-state index in [-0.39, 0.29) is 0 Å². The molecule has 62 valence electrons. The van der Waals surface area contributed by atoms with Crippen molar-refractivity contribution >= 4 is 0 Å². The van der Waals surface area contributed by atoms with Crippen LogP contribution >= 0.6 is 0 Å². The number of aromatic amines is 1. The molecule has 1 aromatic heterocycles. The van der Waals surface area contributed by atoms with Crippen LogP contribution in [0.5, 0.6) is 0 Å². The van der Waals surface area contributed by atoms with Crippen LogP contribution in [-0.2, 0) is 6.42 Å². The predicted octanol–water partition coefficient (Wildman–Crippen LogP) is 1.56. The molecule has 0 aliphatic heterocycles. The third-order valence-corrected chi connectivity index (χ3v) is 2.02. The maximum atomic E-state index is 3.22. The Morgan fingerprint density at radius 1 is 1.64 bits per heavy atom. The number of rotatable bonds is 4. The van der Waals surface area contributed by atoms with Crippen LogP contribution in [0.2, 0.25) is 0 Å². The maximum absolute atomic E-state index is 3.22. The van der Waals surface area contributed by atoms with Crippen LogP contribution in [0.3, 0.4) is 0 Å². The first-order valence-electron chi connectivity index (χ1n) is 4.12. The van der Waals surface area contributed by atoms with Crippen molar-refractivity contribution in [2.75, 3.05) is 7.05 Å². The lowest BCUT2D eigenvalue weighted by atomic mass is 10.1. The van der Waals surface area contributed by atoms with Gasteiger partial charge in [0.05, 0.1) is 0 Å². The third-order valence-electron chi connectivity index (χ3n) is 2.02. The maximum Gasteiger partial charge on any atom is 0.00389 e. The van der Waals surface area contributed by atoms with Crippen LogP contribution in [0, 0.1) is 0 Å². The highest BCUT2D eigenvalue weighted by Gasteiger charge is 1.98. The number of aromatic nitrogens is 1. The lowest BCUT2D eigenvalue weighted by Crippen LogP contribution is -2.21. The smallest absolute Gasteiger partial charge is 0.00389 e. The van der Waals surface area contributed by atoms with Gasteiger partial charge in [0.1, 0.15) is 0 Å². The average Bonchev–Trinajstić information content (AvgIpc) is 2.52. The van der Waals surface area contributed by atoms with Gasteiger partial charge in [-0.25, -0.2) is 0 Å². The normalized spacial score (nSPS) is 13.3. The predicted molar refractivity (Wildman–Crippen MR) is 47.6 cm³/mol. The van der Waals surface area contributed by atoms with Crippen molar-refractivity contribution in [2.24, 2.45) is 0 Å². The fraction of sp³-hybridized carbons (Fsp3) is 0.556. The molecule has 1 heterocycles. The molecule has 1 rings (SSSR count). The zero-order chi connectivity index (χ0) is 8.10. The second kappa shape index (κ2) is 4.19. The minimum absolute atomic E-state index is 0.616. The van der Waals surface area contributed by atoms with Gasteiger partial charge in [0.25, 0.3) is 0 Å². The van der Waals surface area contributed by atoms with Crippen molar-refractivity contribution in [3.63, 3.8) is 0 Å². The largest absolute Gasteiger partial charge is 0.367 e. The summed E-state index contributed by atoms with van der Waals surface area (Å²) < 4.78 is 0. The zero-order valence-electron chi connectivity index (χ0n) is 7.22. The van der Waals surface area contributed by atoms with Gasteiger partial charge in [-0.05, 0) is 38.4 Å². The summed E-state index contributed by atoms with van der Waals surface area (Å²) in [7, 11) is 2.00. The monoisotopic (exact) mass is 152 g/mol. The van der Waals surface area contributed by atoms with E-state index in [1.165, 1.54) is 12.0 Å². The first-order chi connectivity index (χ1) is 5.33. The fourth-order valence-electron chi connectivity index (χ4n) is 1.04. The van der Waals surface area contributed by atoms with Crippen molar-refractivity contribution in [1.29, 1.82) is 0 Å². The summed E-state index contributed by atoms with van der Waals surface area (Å²) in [5.74, 6) is 0. The number of nitrogens with one attached hydrogen (secondary N) is 2. The summed E-state index contributed by atoms with van der Waals surface area (Å²) in [6, 6.07) is 2.74. The Kier molecular flexibility index (Phi) is 3.17. The molecule has 11 heavy (non-hydrogen) atoms. The summed E-state index contributed by atoms with van der Waals surface area (Å²) in [6.07, 6.45) is 6.39. The van der Waals surface area contributed by atoms with E-state index in [9.17, 15) is 0 Å². The summed E-state index contributed by atoms with van der Waals surface area (Å²) in [4.78, 5) is 3.05. The van der Waals surface area contributed by atoms with E-state index < -0.39 is 0 Å². The van der Waals surface area contributed by atoms with Crippen molar-refractivity contribution in [3.05, 3.63) is 24.0 Å². The Balaban J connectivity index is 2.23. The quantitative estimate of drug-likeness (QED) is 0.673. The number of aryl methyl sites for hydroxylation is 1. The Morgan fingerprint density at radius 3 is 3.00 bits per heavy atom. The van der Waals surface area contributed by atoms with E-state index in [4.69, 9.17) is 0 Å². The van der Waals surface area contributed by atoms with E-state index in [0.29, 0.717) is 6.04 Å². The van der Waals surface area contributed by atoms with Crippen LogP contribution in [0.1, 0.15) is 18.9 Å². The van der Waals surface area contributed by atoms with Crippen LogP contribution in [-0.4, -0.2) is 18.1 Å². The first kappa shape index (κ1) is 8.34. The van der Waals surface area contributed by atoms with E-state index in [1.807, 2.05) is 13.2 Å². The summed E-state index contributed by atoms with van der Waals surface area (Å²) in [6.45, 7) is 2.20. The lowest BCUT2D eigenvalue weighted by molar-refractivity contribution is 0.565. The molecule has 0 aliphatic rings. The molecule has 0 aromatic carbocycles. The molecule has 0 aliphatic carbocycles. The summed E-state index contributed by atoms with van der Waals surface area (Å²) in [5.41, 5.74) is 1.40. The Bertz CT molecular complexity index is 179. The van der Waals surface area contributed by atoms with Crippen molar-refractivity contribution in [1.82, 2.24) is 10.3 Å². The molecule has 1 unspecified atom stereocenters. The molecule has 0 saturated carbocycles. The Hall–Kier alpha value is -0.760. The number of H-pyrrole nitrogens is 1. The molecule has 0 fully saturated rings. The molecule has 0 amide bonds. The molecule has 0 bridgehead atoms. The Morgan fingerprint density at radius 2 is 2.45 bits per heavy atom. The third kappa shape index (κ3) is 2.76. The minimum atomic E-state index is 0.616. The molecule has 1 aromatic rings. The van der Waals surface area contributed by atoms with E-state index >= 15 is 0 Å². The highest BCUT2D eigenvalue weighted by atomic mass is 14.8. The topological polar surface area (TPSA) is 27.8 Å². The van der Waals surface area contributed by atoms with Gasteiger partial charge in [-0.15, -0.1) is 0 Å². The summed E-state index contributed by atoms with van der Waals surface area (Å²) >= 11 is 0. The SMILES string of the molecule is CNC(C)CCc1cc[nH]c1. The van der Waals surface area contributed by atoms with E-state index in [0.717, 1.165) is 6.42 Å². The molecule has 2 nitrogen and oxygen atoms in total. The number of hydrogen-bond donors (Lipinski definition) is 2. The van der Waals surface area contributed by atoms with Crippen LogP contribution in [0.25, 0.3) is 0 Å². The second-order valence-electron chi connectivity index (χ2n) is 2.95. The first-order valence-corrected chi connectivity index (χ1v) is 4.12. The van der Waals surface area contributed by atoms with Gasteiger partial charge in [-0.1, -0.05) is 0 Å². The van der Waals surface area contributed by atoms with Crippen LogP contribution in [0.15, 0.2) is 18.5 Å². The van der Waals surface area contributed by atoms with Gasteiger partial charge in [0, 0.05) is 18.4 Å². The van der Waals surface area contributed by atoms with Gasteiger partial charge < -0.3 is 10.3 Å². The van der Waals surface area contributed by atoms with Crippen molar-refractivity contribution in [3.8, 4) is 0 Å². The van der Waals surface area contributed by atoms with E-state index in [1.54, 1.807) is 0 Å². The molecule has 0 saturated heterocycles. The fourth-order valence-corrected chi connectivity index (χ4v) is 1.04. The molecule has 2 heteroatoms. The highest BCUT2D eigenvalue weighted by Crippen LogP contribution is 2.02. The van der Waals surface area contributed by atoms with Gasteiger partial charge in [0.15, 0.2) is 0 Å². The molecule has 1 atom stereocenters. The Labute approximate surface area is 68.0 Å². The summed E-state index contributed by atoms with van der Waals surface area (Å²) in [5, 5.41) is 3.22.